The van der Waals surface area contributed by atoms with Crippen LogP contribution in [-0.2, 0) is 0 Å². The van der Waals surface area contributed by atoms with Crippen LogP contribution in [0.2, 0.25) is 0 Å². The van der Waals surface area contributed by atoms with Gasteiger partial charge in [0.2, 0.25) is 0 Å². The zero-order valence-electron chi connectivity index (χ0n) is 12.1. The smallest absolute Gasteiger partial charge is 0.00990 e. The Morgan fingerprint density at radius 2 is 0.955 bits per heavy atom. The molecular weight excluding hydrogens is 268 g/mol. The maximum atomic E-state index is 2.33. The van der Waals surface area contributed by atoms with E-state index < -0.39 is 0 Å². The first-order chi connectivity index (χ1) is 10.9. The first kappa shape index (κ1) is 11.8. The van der Waals surface area contributed by atoms with Crippen LogP contribution >= 0.6 is 0 Å². The average molecular weight is 282 g/mol. The summed E-state index contributed by atoms with van der Waals surface area (Å²) in [5, 5.41) is 10.5. The Balaban J connectivity index is 2.02. The molecule has 0 unspecified atom stereocenters. The molecule has 0 atom stereocenters. The lowest BCUT2D eigenvalue weighted by Crippen LogP contribution is -1.81. The molecule has 0 amide bonds. The van der Waals surface area contributed by atoms with Crippen LogP contribution in [0.25, 0.3) is 43.1 Å². The zero-order valence-corrected chi connectivity index (χ0v) is 12.1. The molecule has 0 N–H and O–H groups in total. The normalized spacial score (nSPS) is 11.6. The molecule has 0 aliphatic rings. The van der Waals surface area contributed by atoms with E-state index in [4.69, 9.17) is 0 Å². The third-order valence-electron chi connectivity index (χ3n) is 4.61. The summed E-state index contributed by atoms with van der Waals surface area (Å²) in [6.07, 6.45) is 0. The van der Waals surface area contributed by atoms with Gasteiger partial charge in [0.1, 0.15) is 0 Å². The van der Waals surface area contributed by atoms with E-state index in [-0.39, 0.29) is 0 Å². The summed E-state index contributed by atoms with van der Waals surface area (Å²) in [5.41, 5.74) is 0. The highest BCUT2D eigenvalue weighted by molar-refractivity contribution is 6.17. The Bertz CT molecular complexity index is 1070. The van der Waals surface area contributed by atoms with Crippen LogP contribution in [0.3, 0.4) is 0 Å². The minimum atomic E-state index is 1.30. The third kappa shape index (κ3) is 1.58. The van der Waals surface area contributed by atoms with Crippen LogP contribution < -0.4 is 0 Å². The predicted octanol–water partition coefficient (Wildman–Crippen LogP) is 6.30. The monoisotopic (exact) mass is 282 g/mol. The van der Waals surface area contributed by atoms with Gasteiger partial charge in [-0.05, 0) is 55.2 Å². The molecule has 5 aromatic carbocycles. The zero-order chi connectivity index (χ0) is 14.5. The topological polar surface area (TPSA) is 0 Å². The predicted molar refractivity (Wildman–Crippen MR) is 96.5 cm³/mol. The Morgan fingerprint density at radius 1 is 0.500 bits per heavy atom. The van der Waals surface area contributed by atoms with E-state index in [1.54, 1.807) is 0 Å². The average Bonchev–Trinajstić information content (AvgIpc) is 2.60. The molecule has 0 heteroatoms. The van der Waals surface area contributed by atoms with E-state index in [1.165, 1.54) is 43.1 Å². The minimum Gasteiger partial charge on any atom is -0.0616 e. The van der Waals surface area contributed by atoms with Gasteiger partial charge in [-0.25, -0.2) is 0 Å². The first-order valence-electron chi connectivity index (χ1n) is 7.63. The van der Waals surface area contributed by atoms with Crippen molar-refractivity contribution in [1.29, 1.82) is 0 Å². The molecule has 0 heterocycles. The highest BCUT2D eigenvalue weighted by Crippen LogP contribution is 2.32. The van der Waals surface area contributed by atoms with E-state index >= 15 is 0 Å². The molecule has 0 saturated carbocycles. The molecule has 0 nitrogen and oxygen atoms in total. The summed E-state index contributed by atoms with van der Waals surface area (Å²) in [6, 6.07) is 30.8. The van der Waals surface area contributed by atoms with E-state index in [0.717, 1.165) is 0 Å². The molecule has 102 valence electrons. The molecule has 0 saturated heterocycles. The van der Waals surface area contributed by atoms with Gasteiger partial charge in [0, 0.05) is 0 Å². The molecule has 0 aliphatic heterocycles. The van der Waals surface area contributed by atoms with Crippen molar-refractivity contribution in [1.82, 2.24) is 0 Å². The molecule has 0 aromatic heterocycles. The van der Waals surface area contributed by atoms with Crippen molar-refractivity contribution < 1.29 is 0 Å². The van der Waals surface area contributed by atoms with Crippen molar-refractivity contribution in [3.63, 3.8) is 0 Å². The summed E-state index contributed by atoms with van der Waals surface area (Å²) in [4.78, 5) is 0. The second kappa shape index (κ2) is 4.32. The van der Waals surface area contributed by atoms with Gasteiger partial charge >= 0.3 is 0 Å². The number of benzene rings is 5. The van der Waals surface area contributed by atoms with Gasteiger partial charge in [-0.2, -0.15) is 0 Å². The van der Waals surface area contributed by atoms with Gasteiger partial charge in [0.15, 0.2) is 0 Å². The molecule has 0 aliphatic carbocycles. The number of fused-ring (bicyclic) bond motifs is 6. The van der Waals surface area contributed by atoms with Crippen molar-refractivity contribution in [2.24, 2.45) is 0 Å². The lowest BCUT2D eigenvalue weighted by atomic mass is 10.00. The Morgan fingerprint density at radius 3 is 1.45 bits per heavy atom. The summed E-state index contributed by atoms with van der Waals surface area (Å²) in [5.74, 6) is 0. The molecule has 0 bridgehead atoms. The maximum Gasteiger partial charge on any atom is -0.00990 e. The standard InChI is InChI=1S/C22H14/c1-3-7-19-15(5-1)9-11-17-14-22-18(13-21(17)19)12-10-16-6-2-4-8-20(16)22/h1-14H/i9+2,10+2. The fraction of sp³-hybridized carbons (Fsp3) is 0. The van der Waals surface area contributed by atoms with E-state index in [9.17, 15) is 0 Å². The molecule has 22 heavy (non-hydrogen) atoms. The van der Waals surface area contributed by atoms with E-state index in [2.05, 4.69) is 84.9 Å². The van der Waals surface area contributed by atoms with Crippen molar-refractivity contribution in [2.75, 3.05) is 0 Å². The van der Waals surface area contributed by atoms with Crippen LogP contribution in [0.15, 0.2) is 84.9 Å². The number of hydrogen-bond acceptors (Lipinski definition) is 0. The molecule has 5 aromatic rings. The highest BCUT2D eigenvalue weighted by Gasteiger charge is 2.05. The first-order valence-corrected chi connectivity index (χ1v) is 7.63. The third-order valence-corrected chi connectivity index (χ3v) is 4.61. The van der Waals surface area contributed by atoms with Crippen LogP contribution in [0, 0.1) is 0 Å². The van der Waals surface area contributed by atoms with Gasteiger partial charge < -0.3 is 0 Å². The molecule has 5 rings (SSSR count). The van der Waals surface area contributed by atoms with E-state index in [1.807, 2.05) is 0 Å². The maximum absolute atomic E-state index is 2.33. The fourth-order valence-electron chi connectivity index (χ4n) is 3.51. The van der Waals surface area contributed by atoms with Crippen LogP contribution in [-0.4, -0.2) is 0 Å². The fourth-order valence-corrected chi connectivity index (χ4v) is 3.51. The van der Waals surface area contributed by atoms with Gasteiger partial charge in [0.25, 0.3) is 0 Å². The lowest BCUT2D eigenvalue weighted by Gasteiger charge is -2.08. The second-order valence-electron chi connectivity index (χ2n) is 5.87. The molecule has 0 spiro atoms. The quantitative estimate of drug-likeness (QED) is 0.231. The number of hydrogen-bond donors (Lipinski definition) is 0. The van der Waals surface area contributed by atoms with Crippen molar-refractivity contribution >= 4 is 43.1 Å². The molecule has 0 radical (unpaired) electrons. The Labute approximate surface area is 128 Å². The molecular formula is C22H14. The van der Waals surface area contributed by atoms with Crippen molar-refractivity contribution in [3.8, 4) is 0 Å². The van der Waals surface area contributed by atoms with Gasteiger partial charge in [-0.1, -0.05) is 72.8 Å². The second-order valence-corrected chi connectivity index (χ2v) is 5.87. The van der Waals surface area contributed by atoms with Gasteiger partial charge in [0.05, 0.1) is 0 Å². The Kier molecular flexibility index (Phi) is 2.31. The summed E-state index contributed by atoms with van der Waals surface area (Å²) in [6.45, 7) is 0. The largest absolute Gasteiger partial charge is 0.0616 e. The summed E-state index contributed by atoms with van der Waals surface area (Å²) < 4.78 is 0. The summed E-state index contributed by atoms with van der Waals surface area (Å²) >= 11 is 0. The van der Waals surface area contributed by atoms with Crippen LogP contribution in [0.1, 0.15) is 0 Å². The van der Waals surface area contributed by atoms with Crippen molar-refractivity contribution in [2.45, 2.75) is 0 Å². The SMILES string of the molecule is c1ccc2c(c1)[14cH]cc1cc3c(c[14cH]c4ccccc43)cc12. The molecule has 0 fully saturated rings. The Hall–Kier alpha value is -2.86. The van der Waals surface area contributed by atoms with E-state index in [0.29, 0.717) is 0 Å². The highest BCUT2D eigenvalue weighted by atomic mass is 14.7. The van der Waals surface area contributed by atoms with Gasteiger partial charge in [-0.3, -0.25) is 0 Å². The van der Waals surface area contributed by atoms with Crippen molar-refractivity contribution in [3.05, 3.63) is 84.9 Å². The van der Waals surface area contributed by atoms with Crippen LogP contribution in [0.4, 0.5) is 0 Å². The lowest BCUT2D eigenvalue weighted by molar-refractivity contribution is 1.78. The minimum absolute atomic E-state index is 1.30. The van der Waals surface area contributed by atoms with Crippen LogP contribution in [0.5, 0.6) is 0 Å². The number of rotatable bonds is 0. The van der Waals surface area contributed by atoms with Gasteiger partial charge in [-0.15, -0.1) is 0 Å². The summed E-state index contributed by atoms with van der Waals surface area (Å²) in [7, 11) is 0.